The Hall–Kier alpha value is -1.79. The monoisotopic (exact) mass is 293 g/mol. The lowest BCUT2D eigenvalue weighted by molar-refractivity contribution is -0.00237. The third kappa shape index (κ3) is 2.82. The SMILES string of the molecule is CCO[C@@H]1CN(C(=O)c2ccc3c(c2)OCCO3)C[C@H]1O. The molecule has 114 valence electrons. The fraction of sp³-hybridized carbons (Fsp3) is 0.533. The number of fused-ring (bicyclic) bond motifs is 1. The van der Waals surface area contributed by atoms with Crippen LogP contribution in [0.1, 0.15) is 17.3 Å². The minimum Gasteiger partial charge on any atom is -0.486 e. The molecular weight excluding hydrogens is 274 g/mol. The number of benzene rings is 1. The molecule has 0 bridgehead atoms. The fourth-order valence-corrected chi connectivity index (χ4v) is 2.66. The summed E-state index contributed by atoms with van der Waals surface area (Å²) in [6.45, 7) is 4.10. The molecule has 2 aliphatic heterocycles. The Morgan fingerprint density at radius 3 is 2.86 bits per heavy atom. The molecule has 3 rings (SSSR count). The van der Waals surface area contributed by atoms with Crippen molar-refractivity contribution in [1.29, 1.82) is 0 Å². The molecule has 1 amide bonds. The Balaban J connectivity index is 1.74. The predicted octanol–water partition coefficient (Wildman–Crippen LogP) is 0.680. The number of hydrogen-bond acceptors (Lipinski definition) is 5. The Kier molecular flexibility index (Phi) is 3.98. The Morgan fingerprint density at radius 2 is 2.10 bits per heavy atom. The zero-order chi connectivity index (χ0) is 14.8. The molecule has 0 radical (unpaired) electrons. The van der Waals surface area contributed by atoms with Crippen molar-refractivity contribution in [3.8, 4) is 11.5 Å². The van der Waals surface area contributed by atoms with Gasteiger partial charge in [0.15, 0.2) is 11.5 Å². The van der Waals surface area contributed by atoms with Crippen LogP contribution in [0, 0.1) is 0 Å². The summed E-state index contributed by atoms with van der Waals surface area (Å²) in [7, 11) is 0. The zero-order valence-corrected chi connectivity index (χ0v) is 11.9. The maximum atomic E-state index is 12.5. The topological polar surface area (TPSA) is 68.2 Å². The van der Waals surface area contributed by atoms with Crippen LogP contribution in [-0.2, 0) is 4.74 Å². The predicted molar refractivity (Wildman–Crippen MR) is 74.8 cm³/mol. The van der Waals surface area contributed by atoms with E-state index in [1.165, 1.54) is 0 Å². The molecule has 0 unspecified atom stereocenters. The number of amides is 1. The van der Waals surface area contributed by atoms with Crippen LogP contribution >= 0.6 is 0 Å². The summed E-state index contributed by atoms with van der Waals surface area (Å²) in [5.41, 5.74) is 0.531. The first-order valence-corrected chi connectivity index (χ1v) is 7.17. The van der Waals surface area contributed by atoms with Crippen LogP contribution in [0.25, 0.3) is 0 Å². The van der Waals surface area contributed by atoms with Gasteiger partial charge in [0.2, 0.25) is 0 Å². The average molecular weight is 293 g/mol. The lowest BCUT2D eigenvalue weighted by Gasteiger charge is -2.20. The number of likely N-dealkylation sites (tertiary alicyclic amines) is 1. The first-order chi connectivity index (χ1) is 10.2. The van der Waals surface area contributed by atoms with Gasteiger partial charge in [0.05, 0.1) is 6.10 Å². The Labute approximate surface area is 123 Å². The highest BCUT2D eigenvalue weighted by atomic mass is 16.6. The molecule has 1 saturated heterocycles. The van der Waals surface area contributed by atoms with E-state index in [1.807, 2.05) is 6.92 Å². The van der Waals surface area contributed by atoms with Crippen molar-refractivity contribution < 1.29 is 24.1 Å². The van der Waals surface area contributed by atoms with Gasteiger partial charge < -0.3 is 24.2 Å². The lowest BCUT2D eigenvalue weighted by atomic mass is 10.1. The molecule has 21 heavy (non-hydrogen) atoms. The molecule has 0 saturated carbocycles. The molecular formula is C15H19NO5. The minimum atomic E-state index is -0.633. The second-order valence-corrected chi connectivity index (χ2v) is 5.13. The molecule has 1 N–H and O–H groups in total. The summed E-state index contributed by atoms with van der Waals surface area (Å²) < 4.78 is 16.4. The van der Waals surface area contributed by atoms with Crippen LogP contribution in [0.2, 0.25) is 0 Å². The molecule has 2 atom stereocenters. The van der Waals surface area contributed by atoms with Gasteiger partial charge in [-0.3, -0.25) is 4.79 Å². The molecule has 2 aliphatic rings. The summed E-state index contributed by atoms with van der Waals surface area (Å²) in [6.07, 6.45) is -0.942. The molecule has 1 aromatic carbocycles. The summed E-state index contributed by atoms with van der Waals surface area (Å²) >= 11 is 0. The van der Waals surface area contributed by atoms with E-state index < -0.39 is 6.10 Å². The van der Waals surface area contributed by atoms with Crippen LogP contribution in [0.15, 0.2) is 18.2 Å². The number of carbonyl (C=O) groups excluding carboxylic acids is 1. The second-order valence-electron chi connectivity index (χ2n) is 5.13. The number of aliphatic hydroxyl groups is 1. The van der Waals surface area contributed by atoms with Gasteiger partial charge in [-0.2, -0.15) is 0 Å². The fourth-order valence-electron chi connectivity index (χ4n) is 2.66. The van der Waals surface area contributed by atoms with Gasteiger partial charge in [-0.05, 0) is 25.1 Å². The van der Waals surface area contributed by atoms with Crippen LogP contribution in [0.3, 0.4) is 0 Å². The van der Waals surface area contributed by atoms with E-state index in [-0.39, 0.29) is 18.6 Å². The largest absolute Gasteiger partial charge is 0.486 e. The number of rotatable bonds is 3. The van der Waals surface area contributed by atoms with Gasteiger partial charge >= 0.3 is 0 Å². The van der Waals surface area contributed by atoms with Crippen LogP contribution in [0.4, 0.5) is 0 Å². The molecule has 0 spiro atoms. The third-order valence-electron chi connectivity index (χ3n) is 3.69. The number of nitrogens with zero attached hydrogens (tertiary/aromatic N) is 1. The molecule has 1 aromatic rings. The Morgan fingerprint density at radius 1 is 1.33 bits per heavy atom. The second kappa shape index (κ2) is 5.91. The van der Waals surface area contributed by atoms with Crippen molar-refractivity contribution in [2.45, 2.75) is 19.1 Å². The van der Waals surface area contributed by atoms with Gasteiger partial charge in [-0.1, -0.05) is 0 Å². The van der Waals surface area contributed by atoms with E-state index in [0.717, 1.165) is 0 Å². The van der Waals surface area contributed by atoms with Crippen molar-refractivity contribution in [2.24, 2.45) is 0 Å². The van der Waals surface area contributed by atoms with Crippen LogP contribution in [-0.4, -0.2) is 61.0 Å². The van der Waals surface area contributed by atoms with Crippen molar-refractivity contribution in [1.82, 2.24) is 4.90 Å². The van der Waals surface area contributed by atoms with Crippen LogP contribution < -0.4 is 9.47 Å². The quantitative estimate of drug-likeness (QED) is 0.887. The van der Waals surface area contributed by atoms with E-state index in [2.05, 4.69) is 0 Å². The maximum absolute atomic E-state index is 12.5. The summed E-state index contributed by atoms with van der Waals surface area (Å²) in [4.78, 5) is 14.1. The zero-order valence-electron chi connectivity index (χ0n) is 11.9. The normalized spacial score (nSPS) is 24.2. The van der Waals surface area contributed by atoms with Crippen molar-refractivity contribution in [3.63, 3.8) is 0 Å². The molecule has 6 nitrogen and oxygen atoms in total. The van der Waals surface area contributed by atoms with E-state index >= 15 is 0 Å². The van der Waals surface area contributed by atoms with Crippen molar-refractivity contribution in [3.05, 3.63) is 23.8 Å². The van der Waals surface area contributed by atoms with Gasteiger partial charge in [0.25, 0.3) is 5.91 Å². The van der Waals surface area contributed by atoms with E-state index in [4.69, 9.17) is 14.2 Å². The van der Waals surface area contributed by atoms with Gasteiger partial charge in [0, 0.05) is 25.3 Å². The average Bonchev–Trinajstić information content (AvgIpc) is 2.87. The minimum absolute atomic E-state index is 0.131. The van der Waals surface area contributed by atoms with Gasteiger partial charge in [-0.15, -0.1) is 0 Å². The summed E-state index contributed by atoms with van der Waals surface area (Å²) in [6, 6.07) is 5.15. The first-order valence-electron chi connectivity index (χ1n) is 7.17. The highest BCUT2D eigenvalue weighted by Crippen LogP contribution is 2.31. The van der Waals surface area contributed by atoms with E-state index in [9.17, 15) is 9.90 Å². The van der Waals surface area contributed by atoms with Crippen molar-refractivity contribution >= 4 is 5.91 Å². The maximum Gasteiger partial charge on any atom is 0.254 e. The molecule has 0 aromatic heterocycles. The van der Waals surface area contributed by atoms with Crippen LogP contribution in [0.5, 0.6) is 11.5 Å². The standard InChI is InChI=1S/C15H19NO5/c1-2-19-14-9-16(8-11(14)17)15(18)10-3-4-12-13(7-10)21-6-5-20-12/h3-4,7,11,14,17H,2,5-6,8-9H2,1H3/t11-,14-/m1/s1. The van der Waals surface area contributed by atoms with Gasteiger partial charge in [-0.25, -0.2) is 0 Å². The van der Waals surface area contributed by atoms with Gasteiger partial charge in [0.1, 0.15) is 19.3 Å². The summed E-state index contributed by atoms with van der Waals surface area (Å²) in [5.74, 6) is 1.12. The number of carbonyl (C=O) groups is 1. The number of hydrogen-bond donors (Lipinski definition) is 1. The first kappa shape index (κ1) is 14.2. The highest BCUT2D eigenvalue weighted by molar-refractivity contribution is 5.95. The van der Waals surface area contributed by atoms with Crippen molar-refractivity contribution in [2.75, 3.05) is 32.9 Å². The number of β-amino-alcohol motifs (C(OH)–C–C–N with tert-alkyl or cyclic N) is 1. The summed E-state index contributed by atoms with van der Waals surface area (Å²) in [5, 5.41) is 9.91. The third-order valence-corrected chi connectivity index (χ3v) is 3.69. The number of ether oxygens (including phenoxy) is 3. The molecule has 6 heteroatoms. The molecule has 0 aliphatic carbocycles. The lowest BCUT2D eigenvalue weighted by Crippen LogP contribution is -2.30. The van der Waals surface area contributed by atoms with E-state index in [1.54, 1.807) is 23.1 Å². The Bertz CT molecular complexity index is 533. The molecule has 2 heterocycles. The molecule has 1 fully saturated rings. The highest BCUT2D eigenvalue weighted by Gasteiger charge is 2.35. The number of aliphatic hydroxyl groups excluding tert-OH is 1. The smallest absolute Gasteiger partial charge is 0.254 e. The van der Waals surface area contributed by atoms with E-state index in [0.29, 0.717) is 43.4 Å².